The van der Waals surface area contributed by atoms with E-state index in [-0.39, 0.29) is 50.7 Å². The number of phosphoric ester groups is 1. The van der Waals surface area contributed by atoms with Gasteiger partial charge >= 0.3 is 19.8 Å². The summed E-state index contributed by atoms with van der Waals surface area (Å²) in [5, 5.41) is 20.7. The minimum absolute atomic E-state index is 0.0163. The normalized spacial score (nSPS) is 20.0. The lowest BCUT2D eigenvalue weighted by Gasteiger charge is -2.19. The average molecular weight is 760 g/mol. The summed E-state index contributed by atoms with van der Waals surface area (Å²) in [6.07, 6.45) is 23.0. The minimum Gasteiger partial charge on any atom is -0.462 e. The Morgan fingerprint density at radius 3 is 2.13 bits per heavy atom. The molecule has 1 saturated carbocycles. The van der Waals surface area contributed by atoms with Crippen molar-refractivity contribution in [2.45, 2.75) is 167 Å². The third-order valence-corrected chi connectivity index (χ3v) is 10.2. The molecule has 0 aliphatic heterocycles. The van der Waals surface area contributed by atoms with Crippen molar-refractivity contribution in [1.29, 1.82) is 0 Å². The predicted octanol–water partition coefficient (Wildman–Crippen LogP) is 7.41. The van der Waals surface area contributed by atoms with Crippen molar-refractivity contribution >= 4 is 25.5 Å². The van der Waals surface area contributed by atoms with Gasteiger partial charge in [-0.3, -0.25) is 23.4 Å². The molecule has 0 aromatic rings. The summed E-state index contributed by atoms with van der Waals surface area (Å²) in [5.41, 5.74) is 5.32. The Kier molecular flexibility index (Phi) is 28.1. The highest BCUT2D eigenvalue weighted by atomic mass is 31.2. The number of rotatable bonds is 33. The first-order chi connectivity index (χ1) is 25.0. The van der Waals surface area contributed by atoms with E-state index in [9.17, 15) is 34.1 Å². The van der Waals surface area contributed by atoms with Crippen LogP contribution in [-0.4, -0.2) is 77.5 Å². The van der Waals surface area contributed by atoms with Gasteiger partial charge in [0.15, 0.2) is 6.10 Å². The second kappa shape index (κ2) is 30.4. The van der Waals surface area contributed by atoms with Crippen LogP contribution in [0.15, 0.2) is 24.3 Å². The number of nitrogens with two attached hydrogens (primary N) is 1. The lowest BCUT2D eigenvalue weighted by atomic mass is 9.90. The first-order valence-electron chi connectivity index (χ1n) is 19.9. The molecule has 0 aromatic heterocycles. The monoisotopic (exact) mass is 759 g/mol. The molecule has 302 valence electrons. The van der Waals surface area contributed by atoms with Crippen LogP contribution in [0.5, 0.6) is 0 Å². The molecule has 0 spiro atoms. The number of hydrogen-bond donors (Lipinski definition) is 4. The minimum atomic E-state index is -4.43. The van der Waals surface area contributed by atoms with Gasteiger partial charge in [-0.1, -0.05) is 122 Å². The summed E-state index contributed by atoms with van der Waals surface area (Å²) in [5.74, 6) is -1.76. The van der Waals surface area contributed by atoms with E-state index in [2.05, 4.69) is 13.8 Å². The number of unbranched alkanes of at least 4 members (excludes halogenated alkanes) is 13. The van der Waals surface area contributed by atoms with Gasteiger partial charge in [-0.05, 0) is 32.1 Å². The van der Waals surface area contributed by atoms with E-state index in [1.807, 2.05) is 12.2 Å². The van der Waals surface area contributed by atoms with Crippen molar-refractivity contribution in [3.8, 4) is 0 Å². The van der Waals surface area contributed by atoms with Crippen molar-refractivity contribution in [2.24, 2.45) is 17.6 Å². The zero-order valence-electron chi connectivity index (χ0n) is 32.0. The lowest BCUT2D eigenvalue weighted by Crippen LogP contribution is -2.29. The van der Waals surface area contributed by atoms with Gasteiger partial charge in [-0.15, -0.1) is 0 Å². The number of hydrogen-bond acceptors (Lipinski definition) is 11. The summed E-state index contributed by atoms with van der Waals surface area (Å²) in [7, 11) is -4.43. The molecule has 12 nitrogen and oxygen atoms in total. The van der Waals surface area contributed by atoms with Crippen molar-refractivity contribution in [2.75, 3.05) is 26.4 Å². The molecule has 0 bridgehead atoms. The topological polar surface area (TPSA) is 192 Å². The highest BCUT2D eigenvalue weighted by Crippen LogP contribution is 2.43. The van der Waals surface area contributed by atoms with Crippen LogP contribution in [0.1, 0.15) is 149 Å². The molecule has 13 heteroatoms. The Morgan fingerprint density at radius 1 is 0.865 bits per heavy atom. The maximum absolute atomic E-state index is 12.5. The number of aliphatic hydroxyl groups is 2. The van der Waals surface area contributed by atoms with E-state index in [0.29, 0.717) is 32.1 Å². The highest BCUT2D eigenvalue weighted by molar-refractivity contribution is 7.47. The van der Waals surface area contributed by atoms with E-state index >= 15 is 0 Å². The maximum Gasteiger partial charge on any atom is 0.472 e. The summed E-state index contributed by atoms with van der Waals surface area (Å²) < 4.78 is 32.6. The summed E-state index contributed by atoms with van der Waals surface area (Å²) >= 11 is 0. The second-order valence-electron chi connectivity index (χ2n) is 13.9. The van der Waals surface area contributed by atoms with E-state index in [1.54, 1.807) is 12.2 Å². The van der Waals surface area contributed by atoms with Crippen molar-refractivity contribution in [3.63, 3.8) is 0 Å². The predicted molar refractivity (Wildman–Crippen MR) is 202 cm³/mol. The Bertz CT molecular complexity index is 1070. The smallest absolute Gasteiger partial charge is 0.462 e. The van der Waals surface area contributed by atoms with Gasteiger partial charge in [0.1, 0.15) is 12.4 Å². The molecule has 1 aliphatic carbocycles. The molecule has 0 amide bonds. The highest BCUT2D eigenvalue weighted by Gasteiger charge is 2.39. The van der Waals surface area contributed by atoms with Gasteiger partial charge in [0.2, 0.25) is 0 Å². The molecule has 1 fully saturated rings. The van der Waals surface area contributed by atoms with Crippen LogP contribution in [0, 0.1) is 11.8 Å². The van der Waals surface area contributed by atoms with Crippen molar-refractivity contribution in [3.05, 3.63) is 24.3 Å². The van der Waals surface area contributed by atoms with E-state index < -0.39 is 50.6 Å². The summed E-state index contributed by atoms with van der Waals surface area (Å²) in [6, 6.07) is 0. The Labute approximate surface area is 312 Å². The quantitative estimate of drug-likeness (QED) is 0.0224. The average Bonchev–Trinajstić information content (AvgIpc) is 3.38. The maximum atomic E-state index is 12.5. The Balaban J connectivity index is 2.46. The third kappa shape index (κ3) is 24.4. The number of carbonyl (C=O) groups is 3. The first kappa shape index (κ1) is 48.1. The molecule has 0 saturated heterocycles. The fourth-order valence-electron chi connectivity index (χ4n) is 6.14. The van der Waals surface area contributed by atoms with Gasteiger partial charge in [0.05, 0.1) is 25.4 Å². The van der Waals surface area contributed by atoms with E-state index in [4.69, 9.17) is 24.3 Å². The van der Waals surface area contributed by atoms with Crippen molar-refractivity contribution in [1.82, 2.24) is 0 Å². The molecule has 0 heterocycles. The fraction of sp³-hybridized carbons (Fsp3) is 0.821. The number of carbonyl (C=O) groups excluding carboxylic acids is 3. The molecule has 52 heavy (non-hydrogen) atoms. The first-order valence-corrected chi connectivity index (χ1v) is 21.4. The van der Waals surface area contributed by atoms with Crippen LogP contribution in [0.3, 0.4) is 0 Å². The number of Topliss-reactive ketones (excluding diaryl/α,β-unsaturated/α-hetero) is 1. The number of ketones is 1. The van der Waals surface area contributed by atoms with Gasteiger partial charge < -0.3 is 30.3 Å². The van der Waals surface area contributed by atoms with E-state index in [0.717, 1.165) is 38.5 Å². The van der Waals surface area contributed by atoms with Gasteiger partial charge in [0, 0.05) is 37.6 Å². The number of ether oxygens (including phenoxy) is 2. The molecule has 6 atom stereocenters. The molecule has 1 aliphatic rings. The largest absolute Gasteiger partial charge is 0.472 e. The van der Waals surface area contributed by atoms with E-state index in [1.165, 1.54) is 44.9 Å². The van der Waals surface area contributed by atoms with Crippen LogP contribution in [0.4, 0.5) is 0 Å². The zero-order chi connectivity index (χ0) is 38.5. The number of aliphatic hydroxyl groups excluding tert-OH is 2. The Morgan fingerprint density at radius 2 is 1.48 bits per heavy atom. The molecule has 0 radical (unpaired) electrons. The molecule has 1 rings (SSSR count). The lowest BCUT2D eigenvalue weighted by molar-refractivity contribution is -0.161. The Hall–Kier alpha value is -1.92. The summed E-state index contributed by atoms with van der Waals surface area (Å²) in [4.78, 5) is 47.3. The van der Waals surface area contributed by atoms with Crippen LogP contribution in [-0.2, 0) is 37.5 Å². The molecule has 1 unspecified atom stereocenters. The van der Waals surface area contributed by atoms with Gasteiger partial charge in [-0.2, -0.15) is 0 Å². The second-order valence-corrected chi connectivity index (χ2v) is 15.4. The zero-order valence-corrected chi connectivity index (χ0v) is 32.9. The third-order valence-electron chi connectivity index (χ3n) is 9.22. The van der Waals surface area contributed by atoms with Crippen molar-refractivity contribution < 1.29 is 52.6 Å². The van der Waals surface area contributed by atoms with Crippen LogP contribution < -0.4 is 5.73 Å². The van der Waals surface area contributed by atoms with Crippen LogP contribution >= 0.6 is 7.82 Å². The van der Waals surface area contributed by atoms with Gasteiger partial charge in [0.25, 0.3) is 0 Å². The number of phosphoric acid groups is 1. The summed E-state index contributed by atoms with van der Waals surface area (Å²) in [6.45, 7) is 3.30. The molecular formula is C39H70NO11P. The number of esters is 2. The molecule has 0 aromatic carbocycles. The molecule has 5 N–H and O–H groups in total. The fourth-order valence-corrected chi connectivity index (χ4v) is 6.91. The standard InChI is InChI=1S/C39H70NO11P/c1-3-5-7-8-9-10-11-12-13-14-20-24-39(45)51-33(31-50-52(46,47)49-28-27-40)30-48-38(44)23-19-16-15-18-22-34-35(37(43)29-36(34)42)26-25-32(41)21-17-6-4-2/h15,18,25-26,32-36,41-42H,3-14,16-17,19-24,27-31,40H2,1-2H3,(H,46,47)/b18-15-,26-25+/t32-,33+,34+,35+,36-/m0/s1. The number of allylic oxidation sites excluding steroid dienone is 3. The van der Waals surface area contributed by atoms with Crippen LogP contribution in [0.25, 0.3) is 0 Å². The van der Waals surface area contributed by atoms with Crippen LogP contribution in [0.2, 0.25) is 0 Å². The molecular weight excluding hydrogens is 689 g/mol. The SMILES string of the molecule is CCCCCCCCCCCCCC(=O)O[C@H](COC(=O)CCC/C=C\C[C@H]1[C@@H](O)CC(=O)[C@@H]1/C=C/[C@@H](O)CCCCC)COP(=O)(O)OCCN. The van der Waals surface area contributed by atoms with Gasteiger partial charge in [-0.25, -0.2) is 4.57 Å².